The number of nitrogens with zero attached hydrogens (tertiary/aromatic N) is 2. The SMILES string of the molecule is Cc1[nH]c(N2CCOCC2)nc(=S)c1Br. The molecule has 2 rings (SSSR count). The molecule has 82 valence electrons. The summed E-state index contributed by atoms with van der Waals surface area (Å²) in [6, 6.07) is 0. The number of rotatable bonds is 1. The first-order valence-electron chi connectivity index (χ1n) is 4.77. The van der Waals surface area contributed by atoms with Gasteiger partial charge in [-0.3, -0.25) is 0 Å². The number of aromatic amines is 1. The number of hydrogen-bond donors (Lipinski definition) is 1. The molecule has 1 aliphatic heterocycles. The highest BCUT2D eigenvalue weighted by Crippen LogP contribution is 2.18. The van der Waals surface area contributed by atoms with Crippen LogP contribution in [0.15, 0.2) is 4.47 Å². The summed E-state index contributed by atoms with van der Waals surface area (Å²) in [6.07, 6.45) is 0. The van der Waals surface area contributed by atoms with Crippen molar-refractivity contribution in [3.63, 3.8) is 0 Å². The van der Waals surface area contributed by atoms with Crippen molar-refractivity contribution in [2.75, 3.05) is 31.2 Å². The Morgan fingerprint density at radius 3 is 2.73 bits per heavy atom. The van der Waals surface area contributed by atoms with E-state index < -0.39 is 0 Å². The fourth-order valence-electron chi connectivity index (χ4n) is 1.48. The summed E-state index contributed by atoms with van der Waals surface area (Å²) >= 11 is 8.56. The van der Waals surface area contributed by atoms with Crippen molar-refractivity contribution in [3.8, 4) is 0 Å². The molecular formula is C9H12BrN3OS. The molecule has 0 spiro atoms. The molecule has 0 atom stereocenters. The van der Waals surface area contributed by atoms with Gasteiger partial charge in [0.25, 0.3) is 0 Å². The van der Waals surface area contributed by atoms with Gasteiger partial charge in [0.05, 0.1) is 17.7 Å². The highest BCUT2D eigenvalue weighted by molar-refractivity contribution is 9.10. The van der Waals surface area contributed by atoms with Gasteiger partial charge in [0.2, 0.25) is 5.95 Å². The Hall–Kier alpha value is -0.460. The fraction of sp³-hybridized carbons (Fsp3) is 0.556. The Morgan fingerprint density at radius 1 is 1.47 bits per heavy atom. The summed E-state index contributed by atoms with van der Waals surface area (Å²) in [5, 5.41) is 0. The van der Waals surface area contributed by atoms with E-state index in [0.717, 1.165) is 42.4 Å². The van der Waals surface area contributed by atoms with E-state index in [1.54, 1.807) is 0 Å². The lowest BCUT2D eigenvalue weighted by Crippen LogP contribution is -2.37. The summed E-state index contributed by atoms with van der Waals surface area (Å²) in [4.78, 5) is 9.72. The molecule has 0 unspecified atom stereocenters. The van der Waals surface area contributed by atoms with Crippen LogP contribution >= 0.6 is 28.1 Å². The van der Waals surface area contributed by atoms with Gasteiger partial charge in [0.1, 0.15) is 4.64 Å². The molecule has 2 heterocycles. The zero-order valence-electron chi connectivity index (χ0n) is 8.42. The molecule has 0 saturated carbocycles. The third-order valence-electron chi connectivity index (χ3n) is 2.33. The Labute approximate surface area is 102 Å². The van der Waals surface area contributed by atoms with E-state index in [1.807, 2.05) is 6.92 Å². The number of H-pyrrole nitrogens is 1. The minimum Gasteiger partial charge on any atom is -0.378 e. The second kappa shape index (κ2) is 4.59. The van der Waals surface area contributed by atoms with Crippen molar-refractivity contribution in [3.05, 3.63) is 14.8 Å². The maximum atomic E-state index is 5.29. The van der Waals surface area contributed by atoms with Crippen LogP contribution in [-0.2, 0) is 4.74 Å². The lowest BCUT2D eigenvalue weighted by atomic mass is 10.4. The van der Waals surface area contributed by atoms with Crippen LogP contribution in [-0.4, -0.2) is 36.3 Å². The van der Waals surface area contributed by atoms with Crippen molar-refractivity contribution < 1.29 is 4.74 Å². The topological polar surface area (TPSA) is 41.2 Å². The number of aromatic nitrogens is 2. The molecular weight excluding hydrogens is 278 g/mol. The third kappa shape index (κ3) is 2.38. The van der Waals surface area contributed by atoms with E-state index in [0.29, 0.717) is 4.64 Å². The molecule has 1 fully saturated rings. The number of anilines is 1. The Kier molecular flexibility index (Phi) is 3.38. The Bertz CT molecular complexity index is 414. The summed E-state index contributed by atoms with van der Waals surface area (Å²) < 4.78 is 6.76. The monoisotopic (exact) mass is 289 g/mol. The number of nitrogens with one attached hydrogen (secondary N) is 1. The number of morpholine rings is 1. The quantitative estimate of drug-likeness (QED) is 0.804. The van der Waals surface area contributed by atoms with Crippen LogP contribution in [0.3, 0.4) is 0 Å². The standard InChI is InChI=1S/C9H12BrN3OS/c1-6-7(10)8(15)12-9(11-6)13-2-4-14-5-3-13/h2-5H2,1H3,(H,11,12,15). The first-order valence-corrected chi connectivity index (χ1v) is 5.97. The van der Waals surface area contributed by atoms with Crippen LogP contribution in [0.5, 0.6) is 0 Å². The summed E-state index contributed by atoms with van der Waals surface area (Å²) in [5.41, 5.74) is 1.01. The number of halogens is 1. The maximum Gasteiger partial charge on any atom is 0.204 e. The molecule has 4 nitrogen and oxygen atoms in total. The van der Waals surface area contributed by atoms with Gasteiger partial charge in [-0.05, 0) is 22.9 Å². The Balaban J connectivity index is 2.32. The van der Waals surface area contributed by atoms with Crippen LogP contribution in [0.25, 0.3) is 0 Å². The fourth-order valence-corrected chi connectivity index (χ4v) is 1.91. The van der Waals surface area contributed by atoms with Crippen LogP contribution in [0.4, 0.5) is 5.95 Å². The summed E-state index contributed by atoms with van der Waals surface area (Å²) in [6.45, 7) is 5.19. The second-order valence-corrected chi connectivity index (χ2v) is 4.58. The van der Waals surface area contributed by atoms with Crippen molar-refractivity contribution in [2.24, 2.45) is 0 Å². The third-order valence-corrected chi connectivity index (χ3v) is 3.86. The van der Waals surface area contributed by atoms with Crippen molar-refractivity contribution in [1.82, 2.24) is 9.97 Å². The van der Waals surface area contributed by atoms with Crippen LogP contribution < -0.4 is 4.90 Å². The lowest BCUT2D eigenvalue weighted by molar-refractivity contribution is 0.122. The molecule has 6 heteroatoms. The van der Waals surface area contributed by atoms with Crippen LogP contribution in [0.1, 0.15) is 5.69 Å². The van der Waals surface area contributed by atoms with E-state index >= 15 is 0 Å². The number of ether oxygens (including phenoxy) is 1. The molecule has 0 aromatic carbocycles. The molecule has 1 saturated heterocycles. The lowest BCUT2D eigenvalue weighted by Gasteiger charge is -2.27. The van der Waals surface area contributed by atoms with Gasteiger partial charge in [0, 0.05) is 18.8 Å². The van der Waals surface area contributed by atoms with Crippen molar-refractivity contribution >= 4 is 34.1 Å². The first-order chi connectivity index (χ1) is 7.18. The zero-order valence-corrected chi connectivity index (χ0v) is 10.8. The van der Waals surface area contributed by atoms with Gasteiger partial charge in [-0.25, -0.2) is 4.98 Å². The smallest absolute Gasteiger partial charge is 0.204 e. The van der Waals surface area contributed by atoms with E-state index in [9.17, 15) is 0 Å². The molecule has 15 heavy (non-hydrogen) atoms. The molecule has 0 radical (unpaired) electrons. The summed E-state index contributed by atoms with van der Waals surface area (Å²) in [5.74, 6) is 0.837. The van der Waals surface area contributed by atoms with Gasteiger partial charge in [-0.15, -0.1) is 0 Å². The predicted octanol–water partition coefficient (Wildman–Crippen LogP) is 2.05. The highest BCUT2D eigenvalue weighted by atomic mass is 79.9. The second-order valence-electron chi connectivity index (χ2n) is 3.40. The van der Waals surface area contributed by atoms with Gasteiger partial charge in [-0.2, -0.15) is 0 Å². The summed E-state index contributed by atoms with van der Waals surface area (Å²) in [7, 11) is 0. The van der Waals surface area contributed by atoms with Crippen molar-refractivity contribution in [2.45, 2.75) is 6.92 Å². The van der Waals surface area contributed by atoms with E-state index in [-0.39, 0.29) is 0 Å². The van der Waals surface area contributed by atoms with Crippen LogP contribution in [0, 0.1) is 11.6 Å². The molecule has 0 amide bonds. The van der Waals surface area contributed by atoms with Gasteiger partial charge in [0.15, 0.2) is 0 Å². The first kappa shape index (κ1) is 11.0. The maximum absolute atomic E-state index is 5.29. The van der Waals surface area contributed by atoms with Gasteiger partial charge >= 0.3 is 0 Å². The number of hydrogen-bond acceptors (Lipinski definition) is 4. The average Bonchev–Trinajstić information content (AvgIpc) is 2.26. The minimum atomic E-state index is 0.604. The van der Waals surface area contributed by atoms with E-state index in [4.69, 9.17) is 17.0 Å². The molecule has 1 aromatic heterocycles. The molecule has 0 aliphatic carbocycles. The van der Waals surface area contributed by atoms with Gasteiger partial charge < -0.3 is 14.6 Å². The largest absolute Gasteiger partial charge is 0.378 e. The highest BCUT2D eigenvalue weighted by Gasteiger charge is 2.14. The molecule has 0 bridgehead atoms. The molecule has 1 N–H and O–H groups in total. The minimum absolute atomic E-state index is 0.604. The predicted molar refractivity (Wildman–Crippen MR) is 64.9 cm³/mol. The zero-order chi connectivity index (χ0) is 10.8. The van der Waals surface area contributed by atoms with Crippen LogP contribution in [0.2, 0.25) is 0 Å². The van der Waals surface area contributed by atoms with Crippen molar-refractivity contribution in [1.29, 1.82) is 0 Å². The average molecular weight is 290 g/mol. The molecule has 1 aromatic rings. The molecule has 1 aliphatic rings. The van der Waals surface area contributed by atoms with E-state index in [1.165, 1.54) is 0 Å². The normalized spacial score (nSPS) is 16.8. The van der Waals surface area contributed by atoms with E-state index in [2.05, 4.69) is 30.8 Å². The number of aryl methyl sites for hydroxylation is 1. The van der Waals surface area contributed by atoms with Gasteiger partial charge in [-0.1, -0.05) is 12.2 Å². The Morgan fingerprint density at radius 2 is 2.13 bits per heavy atom.